The van der Waals surface area contributed by atoms with Crippen LogP contribution in [0.1, 0.15) is 44.6 Å². The third-order valence-electron chi connectivity index (χ3n) is 5.41. The topological polar surface area (TPSA) is 87.5 Å². The maximum Gasteiger partial charge on any atom is 0.234 e. The zero-order valence-corrected chi connectivity index (χ0v) is 18.5. The van der Waals surface area contributed by atoms with E-state index in [9.17, 15) is 13.2 Å². The predicted molar refractivity (Wildman–Crippen MR) is 111 cm³/mol. The number of rotatable bonds is 4. The predicted octanol–water partition coefficient (Wildman–Crippen LogP) is 0.896. The Morgan fingerprint density at radius 2 is 1.82 bits per heavy atom. The van der Waals surface area contributed by atoms with Crippen molar-refractivity contribution in [2.45, 2.75) is 52.6 Å². The van der Waals surface area contributed by atoms with Crippen LogP contribution in [0.25, 0.3) is 0 Å². The second-order valence-electron chi connectivity index (χ2n) is 9.08. The number of amides is 1. The Labute approximate surface area is 168 Å². The lowest BCUT2D eigenvalue weighted by atomic mass is 10.1. The Hall–Kier alpha value is -1.61. The van der Waals surface area contributed by atoms with Gasteiger partial charge in [-0.3, -0.25) is 14.4 Å². The van der Waals surface area contributed by atoms with E-state index in [4.69, 9.17) is 0 Å². The average Bonchev–Trinajstić information content (AvgIpc) is 3.05. The van der Waals surface area contributed by atoms with E-state index in [0.717, 1.165) is 43.3 Å². The lowest BCUT2D eigenvalue weighted by Gasteiger charge is -2.36. The van der Waals surface area contributed by atoms with E-state index in [1.807, 2.05) is 39.3 Å². The van der Waals surface area contributed by atoms with Gasteiger partial charge < -0.3 is 10.2 Å². The van der Waals surface area contributed by atoms with E-state index < -0.39 is 9.84 Å². The minimum atomic E-state index is -2.94. The Morgan fingerprint density at radius 3 is 2.36 bits per heavy atom. The van der Waals surface area contributed by atoms with Gasteiger partial charge in [-0.05, 0) is 41.0 Å². The number of nitrogens with one attached hydrogen (secondary N) is 1. The van der Waals surface area contributed by atoms with Crippen LogP contribution < -0.4 is 10.2 Å². The molecule has 1 atom stereocenters. The fourth-order valence-electron chi connectivity index (χ4n) is 4.23. The lowest BCUT2D eigenvalue weighted by molar-refractivity contribution is -0.123. The van der Waals surface area contributed by atoms with Gasteiger partial charge in [-0.2, -0.15) is 5.10 Å². The normalized spacial score (nSPS) is 23.2. The summed E-state index contributed by atoms with van der Waals surface area (Å²) in [4.78, 5) is 16.7. The van der Waals surface area contributed by atoms with Crippen LogP contribution in [0.5, 0.6) is 0 Å². The molecule has 0 spiro atoms. The van der Waals surface area contributed by atoms with Crippen LogP contribution in [0.3, 0.4) is 0 Å². The van der Waals surface area contributed by atoms with Gasteiger partial charge in [0, 0.05) is 31.7 Å². The van der Waals surface area contributed by atoms with Gasteiger partial charge >= 0.3 is 0 Å². The molecular weight excluding hydrogens is 378 g/mol. The molecule has 158 valence electrons. The molecule has 28 heavy (non-hydrogen) atoms. The molecule has 3 rings (SSSR count). The molecule has 1 aromatic rings. The lowest BCUT2D eigenvalue weighted by Crippen LogP contribution is -2.52. The van der Waals surface area contributed by atoms with E-state index in [1.54, 1.807) is 0 Å². The minimum Gasteiger partial charge on any atom is -0.366 e. The van der Waals surface area contributed by atoms with Crippen molar-refractivity contribution in [3.05, 3.63) is 11.4 Å². The molecule has 0 aromatic carbocycles. The van der Waals surface area contributed by atoms with Gasteiger partial charge in [-0.1, -0.05) is 0 Å². The summed E-state index contributed by atoms with van der Waals surface area (Å²) in [5.74, 6) is 0.495. The summed E-state index contributed by atoms with van der Waals surface area (Å²) in [5, 5.41) is 7.69. The number of hydrogen-bond donors (Lipinski definition) is 1. The molecule has 1 aromatic heterocycles. The molecule has 2 saturated heterocycles. The van der Waals surface area contributed by atoms with Gasteiger partial charge in [0.1, 0.15) is 0 Å². The number of carbonyl (C=O) groups excluding carboxylic acids is 1. The minimum absolute atomic E-state index is 0.0557. The first-order valence-corrected chi connectivity index (χ1v) is 11.8. The van der Waals surface area contributed by atoms with Crippen molar-refractivity contribution in [2.75, 3.05) is 49.1 Å². The summed E-state index contributed by atoms with van der Waals surface area (Å²) >= 11 is 0. The molecule has 1 unspecified atom stereocenters. The summed E-state index contributed by atoms with van der Waals surface area (Å²) in [6.45, 7) is 13.7. The molecule has 2 aliphatic heterocycles. The molecule has 0 saturated carbocycles. The molecule has 2 fully saturated rings. The van der Waals surface area contributed by atoms with Crippen molar-refractivity contribution in [2.24, 2.45) is 0 Å². The van der Waals surface area contributed by atoms with Crippen LogP contribution in [0.15, 0.2) is 0 Å². The smallest absolute Gasteiger partial charge is 0.234 e. The number of carbonyl (C=O) groups is 1. The van der Waals surface area contributed by atoms with Crippen molar-refractivity contribution in [3.8, 4) is 0 Å². The Bertz CT molecular complexity index is 832. The number of sulfone groups is 1. The molecule has 9 heteroatoms. The molecule has 2 aliphatic rings. The molecule has 0 radical (unpaired) electrons. The fraction of sp³-hybridized carbons (Fsp3) is 0.789. The van der Waals surface area contributed by atoms with Crippen LogP contribution in [-0.4, -0.2) is 78.8 Å². The summed E-state index contributed by atoms with van der Waals surface area (Å²) in [7, 11) is -2.94. The van der Waals surface area contributed by atoms with Crippen molar-refractivity contribution in [1.29, 1.82) is 0 Å². The molecule has 0 aliphatic carbocycles. The van der Waals surface area contributed by atoms with E-state index >= 15 is 0 Å². The van der Waals surface area contributed by atoms with Crippen molar-refractivity contribution >= 4 is 21.4 Å². The van der Waals surface area contributed by atoms with Crippen molar-refractivity contribution in [3.63, 3.8) is 0 Å². The number of aromatic nitrogens is 2. The van der Waals surface area contributed by atoms with Crippen LogP contribution >= 0.6 is 0 Å². The van der Waals surface area contributed by atoms with E-state index in [-0.39, 0.29) is 29.0 Å². The van der Waals surface area contributed by atoms with Gasteiger partial charge in [0.2, 0.25) is 5.91 Å². The van der Waals surface area contributed by atoms with Crippen LogP contribution in [-0.2, 0) is 14.6 Å². The highest BCUT2D eigenvalue weighted by Crippen LogP contribution is 2.31. The van der Waals surface area contributed by atoms with Crippen LogP contribution in [0.2, 0.25) is 0 Å². The maximum absolute atomic E-state index is 12.2. The number of anilines is 1. The summed E-state index contributed by atoms with van der Waals surface area (Å²) in [5.41, 5.74) is 2.89. The first kappa shape index (κ1) is 21.1. The molecule has 8 nitrogen and oxygen atoms in total. The third-order valence-corrected chi connectivity index (χ3v) is 7.16. The van der Waals surface area contributed by atoms with Gasteiger partial charge in [0.15, 0.2) is 9.84 Å². The van der Waals surface area contributed by atoms with Gasteiger partial charge in [-0.15, -0.1) is 0 Å². The summed E-state index contributed by atoms with van der Waals surface area (Å²) in [6.07, 6.45) is 0.639. The van der Waals surface area contributed by atoms with E-state index in [0.29, 0.717) is 13.0 Å². The molecular formula is C19H33N5O3S. The number of hydrogen-bond acceptors (Lipinski definition) is 6. The second kappa shape index (κ2) is 7.67. The monoisotopic (exact) mass is 411 g/mol. The highest BCUT2D eigenvalue weighted by molar-refractivity contribution is 7.91. The van der Waals surface area contributed by atoms with Crippen molar-refractivity contribution < 1.29 is 13.2 Å². The largest absolute Gasteiger partial charge is 0.366 e. The molecule has 0 bridgehead atoms. The zero-order valence-electron chi connectivity index (χ0n) is 17.7. The van der Waals surface area contributed by atoms with E-state index in [1.165, 1.54) is 0 Å². The number of aryl methyl sites for hydroxylation is 1. The van der Waals surface area contributed by atoms with Crippen LogP contribution in [0, 0.1) is 13.8 Å². The average molecular weight is 412 g/mol. The SMILES string of the molecule is Cc1nn(C2CCS(=O)(=O)C2)c(C)c1N1CCN(CC(=O)NC(C)(C)C)CC1. The molecule has 3 heterocycles. The summed E-state index contributed by atoms with van der Waals surface area (Å²) < 4.78 is 25.6. The quantitative estimate of drug-likeness (QED) is 0.792. The first-order valence-electron chi connectivity index (χ1n) is 10.00. The molecule has 1 amide bonds. The standard InChI is InChI=1S/C19H33N5O3S/c1-14-18(15(2)24(21-14)16-6-11-28(26,27)13-16)23-9-7-22(8-10-23)12-17(25)20-19(3,4)5/h16H,6-13H2,1-5H3,(H,20,25). The Morgan fingerprint density at radius 1 is 1.18 bits per heavy atom. The molecule has 1 N–H and O–H groups in total. The fourth-order valence-corrected chi connectivity index (χ4v) is 5.92. The Balaban J connectivity index is 1.63. The third kappa shape index (κ3) is 4.86. The van der Waals surface area contributed by atoms with Gasteiger partial charge in [0.25, 0.3) is 0 Å². The van der Waals surface area contributed by atoms with Gasteiger partial charge in [0.05, 0.1) is 41.2 Å². The van der Waals surface area contributed by atoms with Gasteiger partial charge in [-0.25, -0.2) is 8.42 Å². The van der Waals surface area contributed by atoms with Crippen molar-refractivity contribution in [1.82, 2.24) is 20.0 Å². The highest BCUT2D eigenvalue weighted by Gasteiger charge is 2.33. The zero-order chi connectivity index (χ0) is 20.7. The maximum atomic E-state index is 12.2. The number of piperazine rings is 1. The first-order chi connectivity index (χ1) is 13.0. The summed E-state index contributed by atoms with van der Waals surface area (Å²) in [6, 6.07) is -0.0557. The Kier molecular flexibility index (Phi) is 5.78. The van der Waals surface area contributed by atoms with Crippen LogP contribution in [0.4, 0.5) is 5.69 Å². The number of nitrogens with zero attached hydrogens (tertiary/aromatic N) is 4. The second-order valence-corrected chi connectivity index (χ2v) is 11.3. The highest BCUT2D eigenvalue weighted by atomic mass is 32.2. The van der Waals surface area contributed by atoms with E-state index in [2.05, 4.69) is 20.2 Å².